The third-order valence-electron chi connectivity index (χ3n) is 6.21. The van der Waals surface area contributed by atoms with Gasteiger partial charge < -0.3 is 20.1 Å². The number of anilines is 1. The number of likely N-dealkylation sites (tertiary alicyclic amines) is 1. The molecule has 0 amide bonds. The second-order valence-corrected chi connectivity index (χ2v) is 9.13. The maximum Gasteiger partial charge on any atom is 0.166 e. The van der Waals surface area contributed by atoms with Crippen LogP contribution in [0.5, 0.6) is 11.5 Å². The number of methoxy groups -OCH3 is 1. The molecule has 0 aliphatic carbocycles. The number of nitrogen functional groups attached to an aromatic ring is 1. The molecule has 2 aromatic carbocycles. The Morgan fingerprint density at radius 1 is 1.16 bits per heavy atom. The minimum absolute atomic E-state index is 0.0543. The predicted octanol–water partition coefficient (Wildman–Crippen LogP) is 5.64. The molecule has 2 N–H and O–H groups in total. The molecule has 0 saturated carbocycles. The van der Waals surface area contributed by atoms with Gasteiger partial charge in [0.05, 0.1) is 30.0 Å². The highest BCUT2D eigenvalue weighted by molar-refractivity contribution is 6.33. The fourth-order valence-electron chi connectivity index (χ4n) is 4.02. The number of halogens is 1. The first-order valence-corrected chi connectivity index (χ1v) is 11.9. The number of benzene rings is 2. The van der Waals surface area contributed by atoms with Crippen molar-refractivity contribution < 1.29 is 14.3 Å². The summed E-state index contributed by atoms with van der Waals surface area (Å²) in [5, 5.41) is 0.387. The van der Waals surface area contributed by atoms with Crippen LogP contribution in [0.15, 0.2) is 36.4 Å². The topological polar surface area (TPSA) is 64.8 Å². The summed E-state index contributed by atoms with van der Waals surface area (Å²) in [6.07, 6.45) is 5.64. The zero-order valence-electron chi connectivity index (χ0n) is 19.2. The van der Waals surface area contributed by atoms with E-state index in [9.17, 15) is 4.79 Å². The Balaban J connectivity index is 1.51. The molecule has 1 aliphatic rings. The van der Waals surface area contributed by atoms with E-state index in [1.165, 1.54) is 25.9 Å². The molecule has 0 spiro atoms. The predicted molar refractivity (Wildman–Crippen MR) is 131 cm³/mol. The summed E-state index contributed by atoms with van der Waals surface area (Å²) in [7, 11) is 1.65. The minimum Gasteiger partial charge on any atom is -0.497 e. The highest BCUT2D eigenvalue weighted by Crippen LogP contribution is 2.30. The fraction of sp³-hybridized carbons (Fsp3) is 0.500. The lowest BCUT2D eigenvalue weighted by Crippen LogP contribution is -2.33. The lowest BCUT2D eigenvalue weighted by molar-refractivity contribution is 0.0973. The quantitative estimate of drug-likeness (QED) is 0.268. The molecule has 0 unspecified atom stereocenters. The van der Waals surface area contributed by atoms with Gasteiger partial charge in [-0.2, -0.15) is 0 Å². The number of nitrogens with zero attached hydrogens (tertiary/aromatic N) is 1. The standard InChI is InChI=1S/C26H35ClN2O3/c1-19-10-14-29(15-11-19)13-4-3-5-25(30)22-17-23(27)24(28)18-26(22)32-16-12-20-6-8-21(31-2)9-7-20/h6-9,17-19H,3-5,10-16,28H2,1-2H3. The maximum absolute atomic E-state index is 12.9. The zero-order chi connectivity index (χ0) is 22.9. The molecule has 174 valence electrons. The van der Waals surface area contributed by atoms with Crippen molar-refractivity contribution in [2.45, 2.75) is 45.4 Å². The highest BCUT2D eigenvalue weighted by Gasteiger charge is 2.17. The largest absolute Gasteiger partial charge is 0.497 e. The van der Waals surface area contributed by atoms with Crippen LogP contribution in [0.1, 0.15) is 54.9 Å². The van der Waals surface area contributed by atoms with Crippen LogP contribution >= 0.6 is 11.6 Å². The van der Waals surface area contributed by atoms with Crippen molar-refractivity contribution in [3.8, 4) is 11.5 Å². The molecule has 32 heavy (non-hydrogen) atoms. The van der Waals surface area contributed by atoms with Gasteiger partial charge in [0.2, 0.25) is 0 Å². The SMILES string of the molecule is COc1ccc(CCOc2cc(N)c(Cl)cc2C(=O)CCCCN2CCC(C)CC2)cc1. The summed E-state index contributed by atoms with van der Waals surface area (Å²) in [6.45, 7) is 6.18. The molecule has 2 aromatic rings. The number of carbonyl (C=O) groups is 1. The van der Waals surface area contributed by atoms with E-state index in [2.05, 4.69) is 11.8 Å². The average molecular weight is 459 g/mol. The first kappa shape index (κ1) is 24.4. The number of rotatable bonds is 11. The molecule has 3 rings (SSSR count). The summed E-state index contributed by atoms with van der Waals surface area (Å²) in [5.41, 5.74) is 8.05. The Hall–Kier alpha value is -2.24. The van der Waals surface area contributed by atoms with E-state index in [-0.39, 0.29) is 5.78 Å². The molecular weight excluding hydrogens is 424 g/mol. The van der Waals surface area contributed by atoms with Crippen molar-refractivity contribution in [3.63, 3.8) is 0 Å². The van der Waals surface area contributed by atoms with Crippen LogP contribution in [0.2, 0.25) is 5.02 Å². The highest BCUT2D eigenvalue weighted by atomic mass is 35.5. The first-order chi connectivity index (χ1) is 15.5. The monoisotopic (exact) mass is 458 g/mol. The van der Waals surface area contributed by atoms with Gasteiger partial charge in [0, 0.05) is 18.9 Å². The molecule has 0 aromatic heterocycles. The summed E-state index contributed by atoms with van der Waals surface area (Å²) in [4.78, 5) is 15.4. The zero-order valence-corrected chi connectivity index (χ0v) is 20.0. The number of hydrogen-bond donors (Lipinski definition) is 1. The summed E-state index contributed by atoms with van der Waals surface area (Å²) in [6, 6.07) is 11.2. The number of hydrogen-bond acceptors (Lipinski definition) is 5. The van der Waals surface area contributed by atoms with Gasteiger partial charge in [0.15, 0.2) is 5.78 Å². The van der Waals surface area contributed by atoms with Crippen molar-refractivity contribution in [2.75, 3.05) is 39.1 Å². The molecule has 0 atom stereocenters. The van der Waals surface area contributed by atoms with Gasteiger partial charge >= 0.3 is 0 Å². The molecule has 6 heteroatoms. The van der Waals surface area contributed by atoms with Crippen LogP contribution < -0.4 is 15.2 Å². The lowest BCUT2D eigenvalue weighted by atomic mass is 9.99. The summed E-state index contributed by atoms with van der Waals surface area (Å²) < 4.78 is 11.2. The molecule has 1 saturated heterocycles. The Bertz CT molecular complexity index is 877. The third kappa shape index (κ3) is 7.14. The summed E-state index contributed by atoms with van der Waals surface area (Å²) in [5.74, 6) is 2.23. The molecule has 1 fully saturated rings. The Labute approximate surface area is 196 Å². The van der Waals surface area contributed by atoms with Crippen molar-refractivity contribution in [1.29, 1.82) is 0 Å². The van der Waals surface area contributed by atoms with E-state index in [1.54, 1.807) is 19.2 Å². The number of nitrogens with two attached hydrogens (primary N) is 1. The van der Waals surface area contributed by atoms with E-state index in [0.29, 0.717) is 41.5 Å². The first-order valence-electron chi connectivity index (χ1n) is 11.6. The average Bonchev–Trinajstić information content (AvgIpc) is 2.80. The molecule has 0 bridgehead atoms. The normalized spacial score (nSPS) is 15.0. The minimum atomic E-state index is 0.0543. The van der Waals surface area contributed by atoms with Crippen LogP contribution in [0.3, 0.4) is 0 Å². The lowest BCUT2D eigenvalue weighted by Gasteiger charge is -2.30. The number of ketones is 1. The van der Waals surface area contributed by atoms with Gasteiger partial charge in [0.1, 0.15) is 11.5 Å². The molecule has 1 heterocycles. The van der Waals surface area contributed by atoms with Crippen LogP contribution in [-0.4, -0.2) is 44.0 Å². The smallest absolute Gasteiger partial charge is 0.166 e. The molecular formula is C26H35ClN2O3. The van der Waals surface area contributed by atoms with Crippen molar-refractivity contribution in [3.05, 3.63) is 52.5 Å². The van der Waals surface area contributed by atoms with Crippen molar-refractivity contribution in [2.24, 2.45) is 5.92 Å². The summed E-state index contributed by atoms with van der Waals surface area (Å²) >= 11 is 6.21. The second kappa shape index (κ2) is 12.1. The van der Waals surface area contributed by atoms with Crippen LogP contribution in [0.4, 0.5) is 5.69 Å². The number of carbonyl (C=O) groups excluding carboxylic acids is 1. The van der Waals surface area contributed by atoms with Gasteiger partial charge in [0.25, 0.3) is 0 Å². The van der Waals surface area contributed by atoms with E-state index < -0.39 is 0 Å². The van der Waals surface area contributed by atoms with Gasteiger partial charge in [-0.3, -0.25) is 4.79 Å². The van der Waals surface area contributed by atoms with Crippen molar-refractivity contribution in [1.82, 2.24) is 4.90 Å². The van der Waals surface area contributed by atoms with Gasteiger partial charge in [-0.15, -0.1) is 0 Å². The van der Waals surface area contributed by atoms with Crippen molar-refractivity contribution >= 4 is 23.1 Å². The Morgan fingerprint density at radius 2 is 1.88 bits per heavy atom. The van der Waals surface area contributed by atoms with Gasteiger partial charge in [-0.05, 0) is 75.0 Å². The number of piperidine rings is 1. The van der Waals surface area contributed by atoms with E-state index in [1.807, 2.05) is 24.3 Å². The van der Waals surface area contributed by atoms with Crippen LogP contribution in [0, 0.1) is 5.92 Å². The van der Waals surface area contributed by atoms with Crippen LogP contribution in [0.25, 0.3) is 0 Å². The molecule has 0 radical (unpaired) electrons. The number of ether oxygens (including phenoxy) is 2. The van der Waals surface area contributed by atoms with E-state index in [0.717, 1.165) is 36.6 Å². The van der Waals surface area contributed by atoms with Crippen LogP contribution in [-0.2, 0) is 6.42 Å². The number of unbranched alkanes of at least 4 members (excludes halogenated alkanes) is 1. The van der Waals surface area contributed by atoms with E-state index >= 15 is 0 Å². The molecule has 1 aliphatic heterocycles. The second-order valence-electron chi connectivity index (χ2n) is 8.72. The molecule has 5 nitrogen and oxygen atoms in total. The Morgan fingerprint density at radius 3 is 2.56 bits per heavy atom. The van der Waals surface area contributed by atoms with Gasteiger partial charge in [-0.25, -0.2) is 0 Å². The maximum atomic E-state index is 12.9. The Kier molecular flexibility index (Phi) is 9.24. The van der Waals surface area contributed by atoms with Gasteiger partial charge in [-0.1, -0.05) is 30.7 Å². The van der Waals surface area contributed by atoms with E-state index in [4.69, 9.17) is 26.8 Å². The third-order valence-corrected chi connectivity index (χ3v) is 6.54. The number of Topliss-reactive ketones (excluding diaryl/α,β-unsaturated/α-hetero) is 1. The fourth-order valence-corrected chi connectivity index (χ4v) is 4.18.